The summed E-state index contributed by atoms with van der Waals surface area (Å²) in [6.45, 7) is 4.38. The van der Waals surface area contributed by atoms with Gasteiger partial charge in [-0.1, -0.05) is 35.3 Å². The molecule has 1 aromatic heterocycles. The third kappa shape index (κ3) is 3.58. The molecule has 0 N–H and O–H groups in total. The number of benzene rings is 2. The van der Waals surface area contributed by atoms with E-state index in [0.717, 1.165) is 41.8 Å². The van der Waals surface area contributed by atoms with Crippen LogP contribution in [0.15, 0.2) is 40.8 Å². The highest BCUT2D eigenvalue weighted by Crippen LogP contribution is 2.38. The highest BCUT2D eigenvalue weighted by molar-refractivity contribution is 6.38. The summed E-state index contributed by atoms with van der Waals surface area (Å²) < 4.78 is 6.02. The van der Waals surface area contributed by atoms with E-state index in [-0.39, 0.29) is 0 Å². The van der Waals surface area contributed by atoms with Crippen molar-refractivity contribution >= 4 is 34.2 Å². The van der Waals surface area contributed by atoms with Gasteiger partial charge in [-0.15, -0.1) is 0 Å². The van der Waals surface area contributed by atoms with Crippen LogP contribution >= 0.6 is 23.2 Å². The van der Waals surface area contributed by atoms with Crippen LogP contribution in [0.2, 0.25) is 10.0 Å². The van der Waals surface area contributed by atoms with Crippen molar-refractivity contribution in [1.82, 2.24) is 4.90 Å². The van der Waals surface area contributed by atoms with Crippen molar-refractivity contribution in [2.45, 2.75) is 32.2 Å². The number of halogens is 2. The highest BCUT2D eigenvalue weighted by Gasteiger charge is 2.22. The summed E-state index contributed by atoms with van der Waals surface area (Å²) in [4.78, 5) is 2.48. The topological polar surface area (TPSA) is 40.2 Å². The largest absolute Gasteiger partial charge is 0.459 e. The summed E-state index contributed by atoms with van der Waals surface area (Å²) in [5.41, 5.74) is 3.17. The van der Waals surface area contributed by atoms with Gasteiger partial charge in [-0.2, -0.15) is 5.26 Å². The number of furan rings is 1. The minimum absolute atomic E-state index is 0.609. The lowest BCUT2D eigenvalue weighted by molar-refractivity contribution is 0.266. The van der Waals surface area contributed by atoms with Crippen molar-refractivity contribution in [2.24, 2.45) is 0 Å². The number of nitriles is 1. The van der Waals surface area contributed by atoms with Gasteiger partial charge in [0.25, 0.3) is 0 Å². The molecule has 0 radical (unpaired) electrons. The van der Waals surface area contributed by atoms with E-state index in [0.29, 0.717) is 27.2 Å². The lowest BCUT2D eigenvalue weighted by Crippen LogP contribution is -2.28. The molecule has 0 saturated carbocycles. The van der Waals surface area contributed by atoms with Crippen LogP contribution in [0.25, 0.3) is 22.1 Å². The molecule has 2 aromatic carbocycles. The maximum absolute atomic E-state index is 8.97. The lowest BCUT2D eigenvalue weighted by Gasteiger charge is -2.19. The van der Waals surface area contributed by atoms with Crippen LogP contribution in [0, 0.1) is 11.3 Å². The van der Waals surface area contributed by atoms with Gasteiger partial charge in [0.05, 0.1) is 21.7 Å². The molecule has 0 spiro atoms. The van der Waals surface area contributed by atoms with Crippen LogP contribution in [-0.2, 0) is 6.42 Å². The second kappa shape index (κ2) is 7.56. The first kappa shape index (κ1) is 18.4. The van der Waals surface area contributed by atoms with Crippen LogP contribution in [0.5, 0.6) is 0 Å². The summed E-state index contributed by atoms with van der Waals surface area (Å²) in [5.74, 6) is 0.818. The fourth-order valence-electron chi connectivity index (χ4n) is 3.82. The van der Waals surface area contributed by atoms with Crippen LogP contribution < -0.4 is 0 Å². The fraction of sp³-hybridized carbons (Fsp3) is 0.318. The molecule has 0 aliphatic carbocycles. The Bertz CT molecular complexity index is 1020. The van der Waals surface area contributed by atoms with Crippen molar-refractivity contribution in [3.63, 3.8) is 0 Å². The Labute approximate surface area is 169 Å². The summed E-state index contributed by atoms with van der Waals surface area (Å²) in [6.07, 6.45) is 3.32. The molecule has 1 aliphatic rings. The number of rotatable bonds is 4. The maximum atomic E-state index is 8.97. The molecule has 1 aliphatic heterocycles. The van der Waals surface area contributed by atoms with Gasteiger partial charge in [0, 0.05) is 36.0 Å². The number of hydrogen-bond acceptors (Lipinski definition) is 3. The Morgan fingerprint density at radius 2 is 2.00 bits per heavy atom. The van der Waals surface area contributed by atoms with Crippen LogP contribution in [-0.4, -0.2) is 24.0 Å². The molecule has 0 bridgehead atoms. The highest BCUT2D eigenvalue weighted by atomic mass is 35.5. The molecule has 1 fully saturated rings. The number of hydrogen-bond donors (Lipinski definition) is 0. The van der Waals surface area contributed by atoms with Gasteiger partial charge in [0.1, 0.15) is 11.3 Å². The first-order chi connectivity index (χ1) is 13.1. The number of likely N-dealkylation sites (tertiary alicyclic amines) is 1. The average Bonchev–Trinajstić information content (AvgIpc) is 3.22. The molecule has 3 nitrogen and oxygen atoms in total. The van der Waals surface area contributed by atoms with E-state index < -0.39 is 0 Å². The SMILES string of the molecule is C[C@@H]1CCCN1CCc1oc2cc(Cl)c(-c3ccc(C#N)cc3)cc2c1Cl. The zero-order valence-electron chi connectivity index (χ0n) is 15.1. The van der Waals surface area contributed by atoms with Gasteiger partial charge >= 0.3 is 0 Å². The first-order valence-corrected chi connectivity index (χ1v) is 9.97. The van der Waals surface area contributed by atoms with Crippen molar-refractivity contribution in [2.75, 3.05) is 13.1 Å². The van der Waals surface area contributed by atoms with E-state index in [2.05, 4.69) is 17.9 Å². The van der Waals surface area contributed by atoms with Gasteiger partial charge in [-0.25, -0.2) is 0 Å². The summed E-state index contributed by atoms with van der Waals surface area (Å²) in [6, 6.07) is 13.9. The normalized spacial score (nSPS) is 17.5. The molecule has 0 amide bonds. The van der Waals surface area contributed by atoms with Crippen molar-refractivity contribution in [1.29, 1.82) is 5.26 Å². The Hall–Kier alpha value is -1.99. The van der Waals surface area contributed by atoms with Gasteiger partial charge in [-0.3, -0.25) is 0 Å². The molecule has 3 aromatic rings. The van der Waals surface area contributed by atoms with Crippen molar-refractivity contribution < 1.29 is 4.42 Å². The molecule has 5 heteroatoms. The monoisotopic (exact) mass is 398 g/mol. The molecular weight excluding hydrogens is 379 g/mol. The minimum Gasteiger partial charge on any atom is -0.459 e. The third-order valence-electron chi connectivity index (χ3n) is 5.43. The molecule has 2 heterocycles. The van der Waals surface area contributed by atoms with E-state index >= 15 is 0 Å². The lowest BCUT2D eigenvalue weighted by atomic mass is 10.0. The van der Waals surface area contributed by atoms with E-state index in [1.54, 1.807) is 12.1 Å². The Morgan fingerprint density at radius 3 is 2.67 bits per heavy atom. The van der Waals surface area contributed by atoms with Crippen molar-refractivity contribution in [3.8, 4) is 17.2 Å². The molecule has 4 rings (SSSR count). The zero-order valence-corrected chi connectivity index (χ0v) is 16.6. The average molecular weight is 399 g/mol. The quantitative estimate of drug-likeness (QED) is 0.517. The van der Waals surface area contributed by atoms with E-state index in [1.165, 1.54) is 12.8 Å². The first-order valence-electron chi connectivity index (χ1n) is 9.22. The minimum atomic E-state index is 0.609. The Balaban J connectivity index is 1.65. The number of nitrogens with zero attached hydrogens (tertiary/aromatic N) is 2. The summed E-state index contributed by atoms with van der Waals surface area (Å²) >= 11 is 13.1. The number of fused-ring (bicyclic) bond motifs is 1. The van der Waals surface area contributed by atoms with Crippen LogP contribution in [0.1, 0.15) is 31.1 Å². The molecule has 0 unspecified atom stereocenters. The van der Waals surface area contributed by atoms with Gasteiger partial charge < -0.3 is 9.32 Å². The van der Waals surface area contributed by atoms with E-state index in [4.69, 9.17) is 32.9 Å². The van der Waals surface area contributed by atoms with E-state index in [1.807, 2.05) is 24.3 Å². The van der Waals surface area contributed by atoms with Gasteiger partial charge in [-0.05, 0) is 50.1 Å². The standard InChI is InChI=1S/C22H20Cl2N2O/c1-14-3-2-9-26(14)10-8-20-22(24)18-11-17(19(23)12-21(18)27-20)16-6-4-15(13-25)5-7-16/h4-7,11-12,14H,2-3,8-10H2,1H3/t14-/m1/s1. The molecule has 138 valence electrons. The van der Waals surface area contributed by atoms with Gasteiger partial charge in [0.2, 0.25) is 0 Å². The summed E-state index contributed by atoms with van der Waals surface area (Å²) in [5, 5.41) is 11.1. The second-order valence-corrected chi connectivity index (χ2v) is 7.92. The molecule has 1 saturated heterocycles. The predicted molar refractivity (Wildman–Crippen MR) is 110 cm³/mol. The Kier molecular flexibility index (Phi) is 5.14. The molecule has 1 atom stereocenters. The van der Waals surface area contributed by atoms with Crippen LogP contribution in [0.3, 0.4) is 0 Å². The second-order valence-electron chi connectivity index (χ2n) is 7.13. The van der Waals surface area contributed by atoms with Crippen LogP contribution in [0.4, 0.5) is 0 Å². The van der Waals surface area contributed by atoms with Gasteiger partial charge in [0.15, 0.2) is 0 Å². The molecule has 27 heavy (non-hydrogen) atoms. The van der Waals surface area contributed by atoms with Crippen molar-refractivity contribution in [3.05, 3.63) is 57.8 Å². The fourth-order valence-corrected chi connectivity index (χ4v) is 4.36. The smallest absolute Gasteiger partial charge is 0.137 e. The Morgan fingerprint density at radius 1 is 1.22 bits per heavy atom. The summed E-state index contributed by atoms with van der Waals surface area (Å²) in [7, 11) is 0. The third-order valence-corrected chi connectivity index (χ3v) is 6.15. The zero-order chi connectivity index (χ0) is 19.0. The molecular formula is C22H20Cl2N2O. The van der Waals surface area contributed by atoms with E-state index in [9.17, 15) is 0 Å². The predicted octanol–water partition coefficient (Wildman–Crippen LogP) is 6.31. The maximum Gasteiger partial charge on any atom is 0.137 e.